The molecule has 0 spiro atoms. The highest BCUT2D eigenvalue weighted by Gasteiger charge is 2.06. The van der Waals surface area contributed by atoms with Crippen LogP contribution in [0.4, 0.5) is 5.69 Å². The molecule has 3 heteroatoms. The number of nitriles is 1. The van der Waals surface area contributed by atoms with Gasteiger partial charge in [0.25, 0.3) is 0 Å². The number of halogens is 1. The van der Waals surface area contributed by atoms with E-state index in [1.807, 2.05) is 19.1 Å². The van der Waals surface area contributed by atoms with Gasteiger partial charge in [0.15, 0.2) is 0 Å². The maximum absolute atomic E-state index is 8.91. The molecular formula is C12H11BrN2. The first-order valence-electron chi connectivity index (χ1n) is 4.63. The minimum Gasteiger partial charge on any atom is -0.370 e. The summed E-state index contributed by atoms with van der Waals surface area (Å²) >= 11 is 3.36. The molecule has 0 fully saturated rings. The average molecular weight is 263 g/mol. The van der Waals surface area contributed by atoms with Gasteiger partial charge in [-0.2, -0.15) is 5.26 Å². The average Bonchev–Trinajstić information content (AvgIpc) is 2.26. The molecule has 0 amide bonds. The predicted molar refractivity (Wildman–Crippen MR) is 65.4 cm³/mol. The first-order chi connectivity index (χ1) is 7.21. The van der Waals surface area contributed by atoms with Crippen molar-refractivity contribution in [2.75, 3.05) is 5.32 Å². The maximum Gasteiger partial charge on any atom is 0.101 e. The molecule has 15 heavy (non-hydrogen) atoms. The van der Waals surface area contributed by atoms with Crippen LogP contribution in [0.5, 0.6) is 0 Å². The van der Waals surface area contributed by atoms with E-state index >= 15 is 0 Å². The van der Waals surface area contributed by atoms with Crippen molar-refractivity contribution < 1.29 is 0 Å². The molecule has 1 unspecified atom stereocenters. The van der Waals surface area contributed by atoms with Gasteiger partial charge in [0, 0.05) is 4.47 Å². The summed E-state index contributed by atoms with van der Waals surface area (Å²) in [6.45, 7) is 2.00. The number of hydrogen-bond acceptors (Lipinski definition) is 2. The number of hydrogen-bond donors (Lipinski definition) is 1. The van der Waals surface area contributed by atoms with Gasteiger partial charge >= 0.3 is 0 Å². The molecule has 1 rings (SSSR count). The van der Waals surface area contributed by atoms with Crippen molar-refractivity contribution in [3.05, 3.63) is 28.2 Å². The van der Waals surface area contributed by atoms with Crippen LogP contribution in [0.15, 0.2) is 22.7 Å². The van der Waals surface area contributed by atoms with Crippen molar-refractivity contribution in [3.8, 4) is 18.4 Å². The zero-order valence-corrected chi connectivity index (χ0v) is 10.0. The molecule has 0 saturated heterocycles. The van der Waals surface area contributed by atoms with E-state index in [4.69, 9.17) is 11.7 Å². The molecular weight excluding hydrogens is 252 g/mol. The van der Waals surface area contributed by atoms with E-state index in [1.165, 1.54) is 0 Å². The SMILES string of the molecule is C#CC(CC)Nc1cc(Br)ccc1C#N. The fourth-order valence-corrected chi connectivity index (χ4v) is 1.54. The van der Waals surface area contributed by atoms with Crippen LogP contribution in [0, 0.1) is 23.7 Å². The summed E-state index contributed by atoms with van der Waals surface area (Å²) in [6.07, 6.45) is 6.18. The molecule has 76 valence electrons. The highest BCUT2D eigenvalue weighted by atomic mass is 79.9. The van der Waals surface area contributed by atoms with E-state index in [9.17, 15) is 0 Å². The number of benzene rings is 1. The maximum atomic E-state index is 8.91. The van der Waals surface area contributed by atoms with Crippen molar-refractivity contribution in [1.29, 1.82) is 5.26 Å². The zero-order valence-electron chi connectivity index (χ0n) is 8.42. The minimum atomic E-state index is -0.0357. The normalized spacial score (nSPS) is 11.2. The first-order valence-corrected chi connectivity index (χ1v) is 5.43. The van der Waals surface area contributed by atoms with Crippen molar-refractivity contribution in [2.45, 2.75) is 19.4 Å². The van der Waals surface area contributed by atoms with Gasteiger partial charge in [-0.1, -0.05) is 28.8 Å². The van der Waals surface area contributed by atoms with Gasteiger partial charge in [0.1, 0.15) is 6.07 Å². The molecule has 2 nitrogen and oxygen atoms in total. The third-order valence-electron chi connectivity index (χ3n) is 2.04. The van der Waals surface area contributed by atoms with Gasteiger partial charge in [-0.05, 0) is 24.6 Å². The summed E-state index contributed by atoms with van der Waals surface area (Å²) < 4.78 is 0.927. The van der Waals surface area contributed by atoms with Crippen LogP contribution >= 0.6 is 15.9 Å². The van der Waals surface area contributed by atoms with Crippen molar-refractivity contribution in [2.24, 2.45) is 0 Å². The summed E-state index contributed by atoms with van der Waals surface area (Å²) in [5.74, 6) is 2.64. The van der Waals surface area contributed by atoms with Gasteiger partial charge in [-0.15, -0.1) is 6.42 Å². The largest absolute Gasteiger partial charge is 0.370 e. The van der Waals surface area contributed by atoms with Crippen LogP contribution in [0.2, 0.25) is 0 Å². The summed E-state index contributed by atoms with van der Waals surface area (Å²) in [5.41, 5.74) is 1.38. The predicted octanol–water partition coefficient (Wildman–Crippen LogP) is 3.14. The number of rotatable bonds is 3. The first kappa shape index (κ1) is 11.6. The molecule has 1 atom stereocenters. The van der Waals surface area contributed by atoms with Gasteiger partial charge in [-0.25, -0.2) is 0 Å². The highest BCUT2D eigenvalue weighted by Crippen LogP contribution is 2.21. The lowest BCUT2D eigenvalue weighted by atomic mass is 10.1. The van der Waals surface area contributed by atoms with Gasteiger partial charge in [-0.3, -0.25) is 0 Å². The Balaban J connectivity index is 2.99. The van der Waals surface area contributed by atoms with Crippen LogP contribution < -0.4 is 5.32 Å². The van der Waals surface area contributed by atoms with Gasteiger partial charge in [0.2, 0.25) is 0 Å². The molecule has 0 saturated carbocycles. The molecule has 0 aliphatic carbocycles. The minimum absolute atomic E-state index is 0.0357. The van der Waals surface area contributed by atoms with E-state index < -0.39 is 0 Å². The lowest BCUT2D eigenvalue weighted by Gasteiger charge is -2.13. The third kappa shape index (κ3) is 3.01. The lowest BCUT2D eigenvalue weighted by Crippen LogP contribution is -2.16. The fourth-order valence-electron chi connectivity index (χ4n) is 1.18. The Labute approximate surface area is 98.4 Å². The Morgan fingerprint density at radius 3 is 2.87 bits per heavy atom. The molecule has 1 N–H and O–H groups in total. The summed E-state index contributed by atoms with van der Waals surface area (Å²) in [4.78, 5) is 0. The molecule has 0 bridgehead atoms. The van der Waals surface area contributed by atoms with Crippen LogP contribution in [-0.4, -0.2) is 6.04 Å². The van der Waals surface area contributed by atoms with Crippen LogP contribution in [0.1, 0.15) is 18.9 Å². The number of nitrogens with zero attached hydrogens (tertiary/aromatic N) is 1. The Morgan fingerprint density at radius 2 is 2.33 bits per heavy atom. The van der Waals surface area contributed by atoms with Crippen LogP contribution in [0.3, 0.4) is 0 Å². The second kappa shape index (κ2) is 5.44. The second-order valence-electron chi connectivity index (χ2n) is 3.07. The zero-order chi connectivity index (χ0) is 11.3. The van der Waals surface area contributed by atoms with Crippen molar-refractivity contribution >= 4 is 21.6 Å². The lowest BCUT2D eigenvalue weighted by molar-refractivity contribution is 0.857. The van der Waals surface area contributed by atoms with Crippen molar-refractivity contribution in [1.82, 2.24) is 0 Å². The van der Waals surface area contributed by atoms with E-state index in [0.29, 0.717) is 5.56 Å². The summed E-state index contributed by atoms with van der Waals surface area (Å²) in [7, 11) is 0. The Bertz CT molecular complexity index is 426. The van der Waals surface area contributed by atoms with E-state index in [0.717, 1.165) is 16.6 Å². The quantitative estimate of drug-likeness (QED) is 0.850. The monoisotopic (exact) mass is 262 g/mol. The molecule has 0 aromatic heterocycles. The Kier molecular flexibility index (Phi) is 4.21. The fraction of sp³-hybridized carbons (Fsp3) is 0.250. The molecule has 1 aromatic carbocycles. The molecule has 0 radical (unpaired) electrons. The molecule has 0 aliphatic rings. The summed E-state index contributed by atoms with van der Waals surface area (Å²) in [5, 5.41) is 12.1. The third-order valence-corrected chi connectivity index (χ3v) is 2.53. The number of nitrogens with one attached hydrogen (secondary N) is 1. The topological polar surface area (TPSA) is 35.8 Å². The number of terminal acetylenes is 1. The van der Waals surface area contributed by atoms with Gasteiger partial charge < -0.3 is 5.32 Å². The smallest absolute Gasteiger partial charge is 0.101 e. The Hall–Kier alpha value is -1.45. The molecule has 0 aliphatic heterocycles. The van der Waals surface area contributed by atoms with E-state index in [1.54, 1.807) is 6.07 Å². The second-order valence-corrected chi connectivity index (χ2v) is 3.99. The van der Waals surface area contributed by atoms with E-state index in [-0.39, 0.29) is 6.04 Å². The van der Waals surface area contributed by atoms with Gasteiger partial charge in [0.05, 0.1) is 17.3 Å². The molecule has 1 aromatic rings. The molecule has 0 heterocycles. The van der Waals surface area contributed by atoms with Crippen LogP contribution in [-0.2, 0) is 0 Å². The summed E-state index contributed by atoms with van der Waals surface area (Å²) in [6, 6.07) is 7.54. The van der Waals surface area contributed by atoms with E-state index in [2.05, 4.69) is 33.2 Å². The Morgan fingerprint density at radius 1 is 1.60 bits per heavy atom. The van der Waals surface area contributed by atoms with Crippen molar-refractivity contribution in [3.63, 3.8) is 0 Å². The van der Waals surface area contributed by atoms with Crippen LogP contribution in [0.25, 0.3) is 0 Å². The number of anilines is 1. The standard InChI is InChI=1S/C12H11BrN2/c1-3-11(4-2)15-12-7-10(13)6-5-9(12)8-14/h1,5-7,11,15H,4H2,2H3. The highest BCUT2D eigenvalue weighted by molar-refractivity contribution is 9.10.